The van der Waals surface area contributed by atoms with Crippen LogP contribution in [0.4, 0.5) is 16.3 Å². The van der Waals surface area contributed by atoms with E-state index < -0.39 is 6.09 Å². The highest BCUT2D eigenvalue weighted by Gasteiger charge is 2.36. The van der Waals surface area contributed by atoms with Gasteiger partial charge in [-0.25, -0.2) is 14.8 Å². The van der Waals surface area contributed by atoms with Crippen molar-refractivity contribution in [3.8, 4) is 11.8 Å². The smallest absolute Gasteiger partial charge is 0.410 e. The largest absolute Gasteiger partial charge is 0.490 e. The van der Waals surface area contributed by atoms with Gasteiger partial charge in [0.2, 0.25) is 5.28 Å². The average Bonchev–Trinajstić information content (AvgIpc) is 2.99. The van der Waals surface area contributed by atoms with Crippen molar-refractivity contribution in [1.82, 2.24) is 14.9 Å². The number of piperazine rings is 1. The molecule has 3 heterocycles. The second kappa shape index (κ2) is 11.6. The lowest BCUT2D eigenvalue weighted by molar-refractivity contribution is 0.0768. The summed E-state index contributed by atoms with van der Waals surface area (Å²) in [7, 11) is 0. The van der Waals surface area contributed by atoms with Crippen LogP contribution in [-0.4, -0.2) is 65.8 Å². The summed E-state index contributed by atoms with van der Waals surface area (Å²) < 4.78 is 11.5. The third-order valence-corrected chi connectivity index (χ3v) is 8.12. The Labute approximate surface area is 238 Å². The van der Waals surface area contributed by atoms with Gasteiger partial charge in [0.15, 0.2) is 0 Å². The molecule has 1 amide bonds. The summed E-state index contributed by atoms with van der Waals surface area (Å²) in [6.07, 6.45) is 2.36. The van der Waals surface area contributed by atoms with Crippen LogP contribution < -0.4 is 14.5 Å². The van der Waals surface area contributed by atoms with E-state index in [1.54, 1.807) is 4.90 Å². The van der Waals surface area contributed by atoms with E-state index in [1.165, 1.54) is 0 Å². The number of para-hydroxylation sites is 2. The number of halogens is 1. The lowest BCUT2D eigenvalue weighted by Crippen LogP contribution is -2.55. The standard InChI is InChI=1S/C30H31ClN6O3/c31-29-33-25-18-22(36-16-17-39-27-9-5-4-8-26(27)36)10-11-24(25)28(34-29)35-14-15-37(23(19-35)12-13-32)30(38)40-20-21-6-2-1-3-7-21/h1-9,22-23H,10-12,14-20H2/t22?,23-/m0/s1. The highest BCUT2D eigenvalue weighted by molar-refractivity contribution is 6.28. The lowest BCUT2D eigenvalue weighted by atomic mass is 9.90. The van der Waals surface area contributed by atoms with Crippen LogP contribution in [0.5, 0.6) is 5.75 Å². The van der Waals surface area contributed by atoms with Crippen LogP contribution in [0.25, 0.3) is 0 Å². The number of nitriles is 1. The van der Waals surface area contributed by atoms with Crippen molar-refractivity contribution in [2.24, 2.45) is 0 Å². The van der Waals surface area contributed by atoms with E-state index in [9.17, 15) is 10.1 Å². The molecule has 0 spiro atoms. The zero-order valence-electron chi connectivity index (χ0n) is 22.2. The number of hydrogen-bond donors (Lipinski definition) is 0. The molecule has 3 aromatic rings. The molecule has 0 N–H and O–H groups in total. The lowest BCUT2D eigenvalue weighted by Gasteiger charge is -2.42. The first-order chi connectivity index (χ1) is 19.6. The Bertz CT molecular complexity index is 1410. The zero-order valence-corrected chi connectivity index (χ0v) is 23.0. The molecule has 0 saturated carbocycles. The van der Waals surface area contributed by atoms with Gasteiger partial charge >= 0.3 is 6.09 Å². The SMILES string of the molecule is N#CC[C@H]1CN(c2nc(Cl)nc3c2CCC(N2CCOc4ccccc42)C3)CCN1C(=O)OCc1ccccc1. The van der Waals surface area contributed by atoms with Gasteiger partial charge in [0.25, 0.3) is 0 Å². The van der Waals surface area contributed by atoms with Crippen LogP contribution in [0.15, 0.2) is 54.6 Å². The Morgan fingerprint density at radius 1 is 1.10 bits per heavy atom. The second-order valence-corrected chi connectivity index (χ2v) is 10.7. The predicted molar refractivity (Wildman–Crippen MR) is 152 cm³/mol. The Balaban J connectivity index is 1.18. The molecule has 3 aliphatic rings. The van der Waals surface area contributed by atoms with Gasteiger partial charge in [-0.3, -0.25) is 0 Å². The molecule has 40 heavy (non-hydrogen) atoms. The van der Waals surface area contributed by atoms with E-state index in [-0.39, 0.29) is 24.4 Å². The van der Waals surface area contributed by atoms with Crippen molar-refractivity contribution in [2.45, 2.75) is 44.4 Å². The van der Waals surface area contributed by atoms with Gasteiger partial charge in [-0.15, -0.1) is 0 Å². The summed E-state index contributed by atoms with van der Waals surface area (Å²) in [5, 5.41) is 9.75. The van der Waals surface area contributed by atoms with E-state index in [0.29, 0.717) is 32.3 Å². The minimum Gasteiger partial charge on any atom is -0.490 e. The Hall–Kier alpha value is -4.03. The van der Waals surface area contributed by atoms with Crippen LogP contribution >= 0.6 is 11.6 Å². The number of fused-ring (bicyclic) bond motifs is 2. The fourth-order valence-corrected chi connectivity index (χ4v) is 6.20. The number of nitrogens with zero attached hydrogens (tertiary/aromatic N) is 6. The molecule has 1 aromatic heterocycles. The maximum atomic E-state index is 13.0. The number of carbonyl (C=O) groups excluding carboxylic acids is 1. The monoisotopic (exact) mass is 558 g/mol. The first-order valence-electron chi connectivity index (χ1n) is 13.7. The summed E-state index contributed by atoms with van der Waals surface area (Å²) in [6, 6.07) is 20.0. The molecule has 9 nitrogen and oxygen atoms in total. The number of rotatable bonds is 5. The summed E-state index contributed by atoms with van der Waals surface area (Å²) in [5.74, 6) is 1.74. The number of anilines is 2. The number of hydrogen-bond acceptors (Lipinski definition) is 8. The Kier molecular flexibility index (Phi) is 7.60. The molecule has 1 aliphatic carbocycles. The molecule has 206 valence electrons. The van der Waals surface area contributed by atoms with Crippen molar-refractivity contribution in [1.29, 1.82) is 5.26 Å². The number of aromatic nitrogens is 2. The molecular formula is C30H31ClN6O3. The third-order valence-electron chi connectivity index (χ3n) is 7.95. The summed E-state index contributed by atoms with van der Waals surface area (Å²) in [5.41, 5.74) is 4.12. The summed E-state index contributed by atoms with van der Waals surface area (Å²) in [6.45, 7) is 3.18. The molecule has 1 unspecified atom stereocenters. The minimum absolute atomic E-state index is 0.197. The average molecular weight is 559 g/mol. The number of benzene rings is 2. The van der Waals surface area contributed by atoms with Gasteiger partial charge in [-0.1, -0.05) is 42.5 Å². The van der Waals surface area contributed by atoms with Gasteiger partial charge in [0.05, 0.1) is 36.5 Å². The third kappa shape index (κ3) is 5.36. The van der Waals surface area contributed by atoms with Gasteiger partial charge in [0, 0.05) is 37.7 Å². The molecule has 10 heteroatoms. The van der Waals surface area contributed by atoms with Crippen LogP contribution in [0.1, 0.15) is 29.7 Å². The van der Waals surface area contributed by atoms with E-state index in [4.69, 9.17) is 21.1 Å². The first-order valence-corrected chi connectivity index (χ1v) is 14.1. The Morgan fingerprint density at radius 3 is 2.77 bits per heavy atom. The minimum atomic E-state index is -0.403. The molecule has 2 aliphatic heterocycles. The van der Waals surface area contributed by atoms with Gasteiger partial charge in [-0.2, -0.15) is 5.26 Å². The predicted octanol–water partition coefficient (Wildman–Crippen LogP) is 4.63. The second-order valence-electron chi connectivity index (χ2n) is 10.3. The molecule has 2 aromatic carbocycles. The molecule has 0 radical (unpaired) electrons. The van der Waals surface area contributed by atoms with Crippen molar-refractivity contribution < 1.29 is 14.3 Å². The molecule has 6 rings (SSSR count). The van der Waals surface area contributed by atoms with Gasteiger partial charge < -0.3 is 24.2 Å². The molecule has 2 atom stereocenters. The van der Waals surface area contributed by atoms with E-state index >= 15 is 0 Å². The number of ether oxygens (including phenoxy) is 2. The number of carbonyl (C=O) groups is 1. The van der Waals surface area contributed by atoms with Gasteiger partial charge in [-0.05, 0) is 42.1 Å². The number of amides is 1. The highest BCUT2D eigenvalue weighted by Crippen LogP contribution is 2.38. The van der Waals surface area contributed by atoms with Crippen LogP contribution in [-0.2, 0) is 24.2 Å². The van der Waals surface area contributed by atoms with Crippen molar-refractivity contribution >= 4 is 29.2 Å². The maximum absolute atomic E-state index is 13.0. The quantitative estimate of drug-likeness (QED) is 0.418. The van der Waals surface area contributed by atoms with Crippen molar-refractivity contribution in [3.63, 3.8) is 0 Å². The highest BCUT2D eigenvalue weighted by atomic mass is 35.5. The maximum Gasteiger partial charge on any atom is 0.410 e. The Morgan fingerprint density at radius 2 is 1.93 bits per heavy atom. The van der Waals surface area contributed by atoms with E-state index in [1.807, 2.05) is 48.5 Å². The zero-order chi connectivity index (χ0) is 27.5. The van der Waals surface area contributed by atoms with Gasteiger partial charge in [0.1, 0.15) is 24.8 Å². The first kappa shape index (κ1) is 26.2. The van der Waals surface area contributed by atoms with Crippen LogP contribution in [0.2, 0.25) is 5.28 Å². The molecule has 0 bridgehead atoms. The fourth-order valence-electron chi connectivity index (χ4n) is 6.02. The molecular weight excluding hydrogens is 528 g/mol. The topological polar surface area (TPSA) is 94.8 Å². The molecule has 1 fully saturated rings. The van der Waals surface area contributed by atoms with Crippen molar-refractivity contribution in [3.05, 3.63) is 76.7 Å². The summed E-state index contributed by atoms with van der Waals surface area (Å²) >= 11 is 6.47. The van der Waals surface area contributed by atoms with Crippen LogP contribution in [0.3, 0.4) is 0 Å². The summed E-state index contributed by atoms with van der Waals surface area (Å²) in [4.78, 5) is 28.5. The van der Waals surface area contributed by atoms with Crippen molar-refractivity contribution in [2.75, 3.05) is 42.6 Å². The molecule has 1 saturated heterocycles. The van der Waals surface area contributed by atoms with E-state index in [2.05, 4.69) is 31.9 Å². The van der Waals surface area contributed by atoms with Crippen LogP contribution in [0, 0.1) is 11.3 Å². The normalized spacial score (nSPS) is 20.1. The fraction of sp³-hybridized carbons (Fsp3) is 0.400. The van der Waals surface area contributed by atoms with E-state index in [0.717, 1.165) is 59.9 Å².